The van der Waals surface area contributed by atoms with Crippen LogP contribution in [0.2, 0.25) is 18.0 Å². The lowest BCUT2D eigenvalue weighted by atomic mass is 9.60. The first-order valence-corrected chi connectivity index (χ1v) is 7.30. The van der Waals surface area contributed by atoms with Crippen molar-refractivity contribution in [3.63, 3.8) is 0 Å². The molecule has 0 aromatic heterocycles. The first-order valence-electron chi connectivity index (χ1n) is 7.30. The minimum Gasteiger partial charge on any atom is -0.349 e. The molecule has 0 aliphatic carbocycles. The first kappa shape index (κ1) is 14.7. The zero-order valence-corrected chi connectivity index (χ0v) is 12.0. The molecular formula is C13H27B2NO. The molecule has 0 aromatic carbocycles. The summed E-state index contributed by atoms with van der Waals surface area (Å²) >= 11 is 0. The van der Waals surface area contributed by atoms with Crippen LogP contribution in [0.4, 0.5) is 4.79 Å². The Kier molecular flexibility index (Phi) is 6.15. The lowest BCUT2D eigenvalue weighted by molar-refractivity contribution is 0.178. The molecule has 2 nitrogen and oxygen atoms in total. The average molecular weight is 235 g/mol. The van der Waals surface area contributed by atoms with Gasteiger partial charge in [-0.1, -0.05) is 45.6 Å². The van der Waals surface area contributed by atoms with Crippen LogP contribution in [0.15, 0.2) is 0 Å². The average Bonchev–Trinajstić information content (AvgIpc) is 2.25. The third-order valence-corrected chi connectivity index (χ3v) is 3.61. The van der Waals surface area contributed by atoms with Gasteiger partial charge in [0.25, 0.3) is 0 Å². The second kappa shape index (κ2) is 7.13. The molecule has 1 amide bonds. The van der Waals surface area contributed by atoms with Crippen molar-refractivity contribution in [1.29, 1.82) is 0 Å². The molecule has 1 heterocycles. The molecule has 1 rings (SSSR count). The normalized spacial score (nSPS) is 20.8. The van der Waals surface area contributed by atoms with E-state index in [9.17, 15) is 4.79 Å². The molecule has 1 saturated heterocycles. The second-order valence-corrected chi connectivity index (χ2v) is 6.31. The number of hydrogen-bond acceptors (Lipinski definition) is 1. The fourth-order valence-electron chi connectivity index (χ4n) is 2.62. The molecule has 1 unspecified atom stereocenters. The molecule has 1 fully saturated rings. The van der Waals surface area contributed by atoms with Crippen molar-refractivity contribution in [2.45, 2.75) is 71.0 Å². The van der Waals surface area contributed by atoms with Gasteiger partial charge in [0, 0.05) is 12.6 Å². The summed E-state index contributed by atoms with van der Waals surface area (Å²) in [6.07, 6.45) is 4.91. The molecule has 96 valence electrons. The Morgan fingerprint density at radius 3 is 2.53 bits per heavy atom. The number of carbonyl (C=O) groups excluding carboxylic acids is 1. The summed E-state index contributed by atoms with van der Waals surface area (Å²) in [5.41, 5.74) is 0. The Labute approximate surface area is 108 Å². The molecule has 1 atom stereocenters. The van der Waals surface area contributed by atoms with Crippen LogP contribution in [0.1, 0.15) is 47.0 Å². The molecular weight excluding hydrogens is 208 g/mol. The lowest BCUT2D eigenvalue weighted by Gasteiger charge is -2.37. The molecule has 1 aliphatic heterocycles. The van der Waals surface area contributed by atoms with Crippen molar-refractivity contribution < 1.29 is 4.79 Å². The fourth-order valence-corrected chi connectivity index (χ4v) is 2.62. The predicted octanol–water partition coefficient (Wildman–Crippen LogP) is 2.91. The standard InChI is InChI=1S/C13H27B2NO/c1-10(2)14-9-12-7-5-6-8-16(12)13(17)15-11(3)4/h10-12,14-15H,5-9H2,1-4H3. The summed E-state index contributed by atoms with van der Waals surface area (Å²) < 4.78 is 0. The van der Waals surface area contributed by atoms with Gasteiger partial charge >= 0.3 is 0 Å². The maximum atomic E-state index is 12.2. The number of piperidine rings is 1. The number of rotatable bonds is 5. The molecule has 0 spiro atoms. The Hall–Kier alpha value is -0.400. The number of amides is 1. The van der Waals surface area contributed by atoms with E-state index in [-0.39, 0.29) is 0 Å². The van der Waals surface area contributed by atoms with Gasteiger partial charge in [0.1, 0.15) is 7.28 Å². The van der Waals surface area contributed by atoms with Gasteiger partial charge in [-0.05, 0) is 19.3 Å². The van der Waals surface area contributed by atoms with Crippen molar-refractivity contribution >= 4 is 20.4 Å². The summed E-state index contributed by atoms with van der Waals surface area (Å²) in [6, 6.07) is 0.525. The van der Waals surface area contributed by atoms with E-state index in [1.165, 1.54) is 32.9 Å². The van der Waals surface area contributed by atoms with Crippen LogP contribution >= 0.6 is 0 Å². The van der Waals surface area contributed by atoms with E-state index in [0.29, 0.717) is 17.7 Å². The lowest BCUT2D eigenvalue weighted by Crippen LogP contribution is -2.46. The quantitative estimate of drug-likeness (QED) is 0.671. The van der Waals surface area contributed by atoms with Gasteiger partial charge in [-0.25, -0.2) is 0 Å². The van der Waals surface area contributed by atoms with Crippen molar-refractivity contribution in [2.24, 2.45) is 0 Å². The van der Waals surface area contributed by atoms with Crippen LogP contribution in [-0.2, 0) is 0 Å². The third-order valence-electron chi connectivity index (χ3n) is 3.61. The van der Waals surface area contributed by atoms with Gasteiger partial charge in [0.15, 0.2) is 5.81 Å². The molecule has 0 radical (unpaired) electrons. The van der Waals surface area contributed by atoms with Gasteiger partial charge in [-0.15, -0.1) is 0 Å². The minimum absolute atomic E-state index is 0.383. The fraction of sp³-hybridized carbons (Fsp3) is 0.923. The van der Waals surface area contributed by atoms with E-state index in [1.807, 2.05) is 0 Å². The van der Waals surface area contributed by atoms with Gasteiger partial charge in [0.2, 0.25) is 7.28 Å². The largest absolute Gasteiger partial charge is 0.349 e. The maximum absolute atomic E-state index is 12.2. The van der Waals surface area contributed by atoms with Gasteiger partial charge < -0.3 is 4.90 Å². The molecule has 1 aliphatic rings. The summed E-state index contributed by atoms with van der Waals surface area (Å²) in [6.45, 7) is 9.79. The van der Waals surface area contributed by atoms with E-state index < -0.39 is 0 Å². The van der Waals surface area contributed by atoms with Crippen LogP contribution in [-0.4, -0.2) is 37.9 Å². The predicted molar refractivity (Wildman–Crippen MR) is 79.0 cm³/mol. The highest BCUT2D eigenvalue weighted by atomic mass is 16.2. The summed E-state index contributed by atoms with van der Waals surface area (Å²) in [4.78, 5) is 14.4. The van der Waals surface area contributed by atoms with Gasteiger partial charge in [-0.3, -0.25) is 4.79 Å². The van der Waals surface area contributed by atoms with Crippen molar-refractivity contribution in [3.8, 4) is 0 Å². The number of likely N-dealkylation sites (tertiary alicyclic amines) is 1. The summed E-state index contributed by atoms with van der Waals surface area (Å²) in [5.74, 6) is 1.61. The molecule has 0 N–H and O–H groups in total. The second-order valence-electron chi connectivity index (χ2n) is 6.31. The topological polar surface area (TPSA) is 20.3 Å². The van der Waals surface area contributed by atoms with Crippen molar-refractivity contribution in [1.82, 2.24) is 4.90 Å². The molecule has 4 heteroatoms. The van der Waals surface area contributed by atoms with E-state index >= 15 is 0 Å². The number of carbonyl (C=O) groups is 1. The minimum atomic E-state index is 0.383. The van der Waals surface area contributed by atoms with E-state index in [4.69, 9.17) is 0 Å². The summed E-state index contributed by atoms with van der Waals surface area (Å²) in [7, 11) is 1.97. The zero-order chi connectivity index (χ0) is 12.8. The Morgan fingerprint density at radius 1 is 1.24 bits per heavy atom. The number of nitrogens with zero attached hydrogens (tertiary/aromatic N) is 1. The van der Waals surface area contributed by atoms with Crippen LogP contribution in [0.3, 0.4) is 0 Å². The zero-order valence-electron chi connectivity index (χ0n) is 12.0. The van der Waals surface area contributed by atoms with Crippen LogP contribution in [0, 0.1) is 0 Å². The van der Waals surface area contributed by atoms with E-state index in [2.05, 4.69) is 32.6 Å². The number of hydrogen-bond donors (Lipinski definition) is 0. The van der Waals surface area contributed by atoms with Gasteiger partial charge in [-0.2, -0.15) is 0 Å². The van der Waals surface area contributed by atoms with E-state index in [0.717, 1.165) is 19.6 Å². The highest BCUT2D eigenvalue weighted by Gasteiger charge is 2.27. The molecule has 0 bridgehead atoms. The highest BCUT2D eigenvalue weighted by Crippen LogP contribution is 2.22. The first-order chi connectivity index (χ1) is 8.00. The Morgan fingerprint density at radius 2 is 1.94 bits per heavy atom. The summed E-state index contributed by atoms with van der Waals surface area (Å²) in [5, 5.41) is 0. The SMILES string of the molecule is CC(C)BCC1CCCCN1C(=O)BC(C)C. The highest BCUT2D eigenvalue weighted by molar-refractivity contribution is 6.74. The molecule has 0 aromatic rings. The maximum Gasteiger partial charge on any atom is 0.236 e. The van der Waals surface area contributed by atoms with Crippen LogP contribution in [0.25, 0.3) is 0 Å². The Balaban J connectivity index is 2.49. The van der Waals surface area contributed by atoms with Crippen molar-refractivity contribution in [2.75, 3.05) is 6.54 Å². The van der Waals surface area contributed by atoms with Gasteiger partial charge in [0.05, 0.1) is 0 Å². The third kappa shape index (κ3) is 5.18. The molecule has 0 saturated carbocycles. The van der Waals surface area contributed by atoms with Crippen LogP contribution < -0.4 is 0 Å². The van der Waals surface area contributed by atoms with Crippen LogP contribution in [0.5, 0.6) is 0 Å². The monoisotopic (exact) mass is 235 g/mol. The van der Waals surface area contributed by atoms with E-state index in [1.54, 1.807) is 0 Å². The Bertz CT molecular complexity index is 244. The molecule has 17 heavy (non-hydrogen) atoms. The van der Waals surface area contributed by atoms with Crippen molar-refractivity contribution in [3.05, 3.63) is 0 Å². The smallest absolute Gasteiger partial charge is 0.236 e.